The first-order valence-corrected chi connectivity index (χ1v) is 11.8. The van der Waals surface area contributed by atoms with Gasteiger partial charge in [0.05, 0.1) is 26.5 Å². The van der Waals surface area contributed by atoms with E-state index in [1.54, 1.807) is 14.2 Å². The normalized spacial score (nSPS) is 19.9. The first-order chi connectivity index (χ1) is 12.8. The smallest absolute Gasteiger partial charge is 0.203 e. The minimum absolute atomic E-state index is 0.0571. The minimum atomic E-state index is -3.31. The Balaban J connectivity index is 1.87. The molecule has 3 atom stereocenters. The lowest BCUT2D eigenvalue weighted by Gasteiger charge is -2.25. The molecule has 0 heterocycles. The third-order valence-corrected chi connectivity index (χ3v) is 7.41. The maximum atomic E-state index is 12.5. The molecule has 0 bridgehead atoms. The van der Waals surface area contributed by atoms with E-state index in [1.807, 2.05) is 25.1 Å². The third-order valence-electron chi connectivity index (χ3n) is 5.33. The van der Waals surface area contributed by atoms with E-state index in [2.05, 4.69) is 5.32 Å². The molecule has 0 aliphatic heterocycles. The van der Waals surface area contributed by atoms with Crippen LogP contribution in [0.3, 0.4) is 0 Å². The van der Waals surface area contributed by atoms with Gasteiger partial charge in [-0.1, -0.05) is 19.3 Å². The molecule has 0 saturated heterocycles. The number of aliphatic hydroxyl groups is 1. The lowest BCUT2D eigenvalue weighted by Crippen LogP contribution is -2.32. The number of hydrogen-bond acceptors (Lipinski definition) is 5. The average Bonchev–Trinajstić information content (AvgIpc) is 2.65. The molecule has 1 aromatic carbocycles. The van der Waals surface area contributed by atoms with Crippen LogP contribution in [0, 0.1) is 5.92 Å². The molecule has 27 heavy (non-hydrogen) atoms. The highest BCUT2D eigenvalue weighted by atomic mass is 31.2. The van der Waals surface area contributed by atoms with Gasteiger partial charge in [0.2, 0.25) is 7.37 Å². The maximum absolute atomic E-state index is 12.5. The Hall–Kier alpha value is -1.07. The highest BCUT2D eigenvalue weighted by Crippen LogP contribution is 2.46. The van der Waals surface area contributed by atoms with E-state index < -0.39 is 13.5 Å². The summed E-state index contributed by atoms with van der Waals surface area (Å²) in [5.74, 6) is 1.79. The van der Waals surface area contributed by atoms with Gasteiger partial charge in [-0.15, -0.1) is 0 Å². The van der Waals surface area contributed by atoms with Crippen LogP contribution >= 0.6 is 7.37 Å². The Bertz CT molecular complexity index is 633. The Morgan fingerprint density at radius 3 is 2.56 bits per heavy atom. The summed E-state index contributed by atoms with van der Waals surface area (Å²) in [4.78, 5) is 10.3. The first kappa shape index (κ1) is 22.2. The topological polar surface area (TPSA) is 88.0 Å². The van der Waals surface area contributed by atoms with Gasteiger partial charge in [0.25, 0.3) is 0 Å². The minimum Gasteiger partial charge on any atom is -0.497 e. The zero-order valence-corrected chi connectivity index (χ0v) is 17.6. The van der Waals surface area contributed by atoms with E-state index in [-0.39, 0.29) is 18.7 Å². The fourth-order valence-electron chi connectivity index (χ4n) is 3.84. The van der Waals surface area contributed by atoms with Crippen molar-refractivity contribution in [3.8, 4) is 11.5 Å². The summed E-state index contributed by atoms with van der Waals surface area (Å²) in [5.41, 5.74) is 0.915. The number of benzene rings is 1. The third kappa shape index (κ3) is 7.11. The molecule has 0 radical (unpaired) electrons. The van der Waals surface area contributed by atoms with Gasteiger partial charge in [0.1, 0.15) is 11.5 Å². The fourth-order valence-corrected chi connectivity index (χ4v) is 5.95. The van der Waals surface area contributed by atoms with Crippen molar-refractivity contribution in [1.82, 2.24) is 5.32 Å². The number of aliphatic hydroxyl groups excluding tert-OH is 1. The lowest BCUT2D eigenvalue weighted by molar-refractivity contribution is 0.185. The maximum Gasteiger partial charge on any atom is 0.203 e. The molecule has 1 fully saturated rings. The summed E-state index contributed by atoms with van der Waals surface area (Å²) in [6.45, 7) is 2.21. The van der Waals surface area contributed by atoms with Gasteiger partial charge < -0.3 is 24.8 Å². The Morgan fingerprint density at radius 1 is 1.22 bits per heavy atom. The molecule has 3 unspecified atom stereocenters. The predicted octanol–water partition coefficient (Wildman–Crippen LogP) is 3.57. The zero-order chi connectivity index (χ0) is 19.9. The summed E-state index contributed by atoms with van der Waals surface area (Å²) < 4.78 is 23.2. The van der Waals surface area contributed by atoms with Gasteiger partial charge in [0.15, 0.2) is 0 Å². The van der Waals surface area contributed by atoms with Crippen molar-refractivity contribution in [2.75, 3.05) is 33.1 Å². The van der Waals surface area contributed by atoms with Crippen LogP contribution in [0.1, 0.15) is 50.6 Å². The number of ether oxygens (including phenoxy) is 2. The molecule has 2 rings (SSSR count). The molecule has 6 nitrogen and oxygen atoms in total. The summed E-state index contributed by atoms with van der Waals surface area (Å²) in [6, 6.07) is 5.47. The molecule has 154 valence electrons. The van der Waals surface area contributed by atoms with E-state index in [4.69, 9.17) is 9.47 Å². The van der Waals surface area contributed by atoms with Crippen molar-refractivity contribution >= 4 is 7.37 Å². The highest BCUT2D eigenvalue weighted by Gasteiger charge is 2.28. The van der Waals surface area contributed by atoms with Gasteiger partial charge in [-0.25, -0.2) is 0 Å². The molecular weight excluding hydrogens is 365 g/mol. The van der Waals surface area contributed by atoms with E-state index in [1.165, 1.54) is 6.42 Å². The second-order valence-electron chi connectivity index (χ2n) is 7.61. The Morgan fingerprint density at radius 2 is 1.93 bits per heavy atom. The SMILES string of the molecule is COc1ccc(OC)c(C(C)NCC(O)CP(=O)(O)CC2CCCCC2)c1. The van der Waals surface area contributed by atoms with E-state index >= 15 is 0 Å². The Kier molecular flexibility index (Phi) is 8.62. The highest BCUT2D eigenvalue weighted by molar-refractivity contribution is 7.58. The van der Waals surface area contributed by atoms with Crippen LogP contribution in [-0.2, 0) is 4.57 Å². The van der Waals surface area contributed by atoms with Crippen LogP contribution in [0.15, 0.2) is 18.2 Å². The van der Waals surface area contributed by atoms with Crippen molar-refractivity contribution in [3.63, 3.8) is 0 Å². The van der Waals surface area contributed by atoms with Gasteiger partial charge in [0, 0.05) is 24.3 Å². The molecule has 0 aromatic heterocycles. The van der Waals surface area contributed by atoms with E-state index in [0.717, 1.165) is 42.7 Å². The van der Waals surface area contributed by atoms with Crippen molar-refractivity contribution in [2.45, 2.75) is 51.2 Å². The molecule has 1 saturated carbocycles. The van der Waals surface area contributed by atoms with Gasteiger partial charge in [-0.05, 0) is 43.9 Å². The van der Waals surface area contributed by atoms with Crippen LogP contribution < -0.4 is 14.8 Å². The van der Waals surface area contributed by atoms with Crippen molar-refractivity contribution in [3.05, 3.63) is 23.8 Å². The number of hydrogen-bond donors (Lipinski definition) is 3. The molecule has 1 aliphatic rings. The molecule has 1 aliphatic carbocycles. The Labute approximate surface area is 162 Å². The molecule has 0 amide bonds. The van der Waals surface area contributed by atoms with Crippen LogP contribution in [-0.4, -0.2) is 49.2 Å². The lowest BCUT2D eigenvalue weighted by atomic mass is 9.91. The number of nitrogens with one attached hydrogen (secondary N) is 1. The summed E-state index contributed by atoms with van der Waals surface area (Å²) >= 11 is 0. The van der Waals surface area contributed by atoms with Gasteiger partial charge in [-0.3, -0.25) is 4.57 Å². The van der Waals surface area contributed by atoms with Crippen LogP contribution in [0.25, 0.3) is 0 Å². The van der Waals surface area contributed by atoms with Crippen LogP contribution in [0.5, 0.6) is 11.5 Å². The monoisotopic (exact) mass is 399 g/mol. The van der Waals surface area contributed by atoms with Gasteiger partial charge >= 0.3 is 0 Å². The van der Waals surface area contributed by atoms with Crippen molar-refractivity contribution in [2.24, 2.45) is 5.92 Å². The summed E-state index contributed by atoms with van der Waals surface area (Å²) in [6.07, 6.45) is 5.01. The number of rotatable bonds is 10. The van der Waals surface area contributed by atoms with Crippen LogP contribution in [0.4, 0.5) is 0 Å². The van der Waals surface area contributed by atoms with E-state index in [0.29, 0.717) is 12.1 Å². The first-order valence-electron chi connectivity index (χ1n) is 9.79. The zero-order valence-electron chi connectivity index (χ0n) is 16.7. The summed E-state index contributed by atoms with van der Waals surface area (Å²) in [7, 11) is -0.0908. The van der Waals surface area contributed by atoms with Crippen molar-refractivity contribution < 1.29 is 24.0 Å². The van der Waals surface area contributed by atoms with Gasteiger partial charge in [-0.2, -0.15) is 0 Å². The largest absolute Gasteiger partial charge is 0.497 e. The average molecular weight is 399 g/mol. The molecule has 3 N–H and O–H groups in total. The fraction of sp³-hybridized carbons (Fsp3) is 0.700. The van der Waals surface area contributed by atoms with Crippen LogP contribution in [0.2, 0.25) is 0 Å². The molecule has 0 spiro atoms. The van der Waals surface area contributed by atoms with Crippen molar-refractivity contribution in [1.29, 1.82) is 0 Å². The predicted molar refractivity (Wildman–Crippen MR) is 108 cm³/mol. The standard InChI is InChI=1S/C20H34NO5P/c1-15(19-11-18(25-2)9-10-20(19)26-3)21-12-17(22)14-27(23,24)13-16-7-5-4-6-8-16/h9-11,15-17,21-22H,4-8,12-14H2,1-3H3,(H,23,24). The number of methoxy groups -OCH3 is 2. The molecule has 7 heteroatoms. The molecular formula is C20H34NO5P. The van der Waals surface area contributed by atoms with E-state index in [9.17, 15) is 14.6 Å². The quantitative estimate of drug-likeness (QED) is 0.522. The summed E-state index contributed by atoms with van der Waals surface area (Å²) in [5, 5.41) is 13.5. The molecule has 1 aromatic rings. The second-order valence-corrected chi connectivity index (χ2v) is 10.0. The second kappa shape index (κ2) is 10.5.